The summed E-state index contributed by atoms with van der Waals surface area (Å²) in [5.74, 6) is 0.323. The highest BCUT2D eigenvalue weighted by atomic mass is 35.5. The lowest BCUT2D eigenvalue weighted by Crippen LogP contribution is -2.10. The van der Waals surface area contributed by atoms with Gasteiger partial charge < -0.3 is 11.5 Å². The zero-order valence-electron chi connectivity index (χ0n) is 17.7. The standard InChI is InChI=1S/C24H22Cl2N6/c1-3-17-19(13-5-9-15(25)10-6-13)29-23(27)31-21(17)22-18(4-2)20(30-24(28)32-22)14-7-11-16(26)12-8-14/h5-12H,3-4H2,1-2H3,(H2,27,29,31)(H2,28,30,32). The van der Waals surface area contributed by atoms with Crippen LogP contribution >= 0.6 is 23.2 Å². The summed E-state index contributed by atoms with van der Waals surface area (Å²) in [6.07, 6.45) is 1.35. The third-order valence-corrected chi connectivity index (χ3v) is 5.72. The Bertz CT molecular complexity index is 1170. The molecule has 0 spiro atoms. The number of aromatic nitrogens is 4. The molecule has 2 aromatic carbocycles. The molecule has 162 valence electrons. The Morgan fingerprint density at radius 3 is 1.19 bits per heavy atom. The predicted molar refractivity (Wildman–Crippen MR) is 132 cm³/mol. The second kappa shape index (κ2) is 9.10. The zero-order valence-corrected chi connectivity index (χ0v) is 19.2. The highest BCUT2D eigenvalue weighted by molar-refractivity contribution is 6.30. The topological polar surface area (TPSA) is 104 Å². The summed E-state index contributed by atoms with van der Waals surface area (Å²) in [5.41, 5.74) is 18.8. The molecule has 0 radical (unpaired) electrons. The molecule has 0 aliphatic heterocycles. The molecule has 0 saturated carbocycles. The summed E-state index contributed by atoms with van der Waals surface area (Å²) in [6, 6.07) is 15.0. The van der Waals surface area contributed by atoms with Gasteiger partial charge in [0, 0.05) is 32.3 Å². The van der Waals surface area contributed by atoms with Gasteiger partial charge in [-0.2, -0.15) is 0 Å². The van der Waals surface area contributed by atoms with Crippen LogP contribution in [-0.2, 0) is 12.8 Å². The molecule has 4 rings (SSSR count). The molecule has 2 heterocycles. The van der Waals surface area contributed by atoms with Gasteiger partial charge in [-0.05, 0) is 37.1 Å². The number of nitrogens with zero attached hydrogens (tertiary/aromatic N) is 4. The van der Waals surface area contributed by atoms with Crippen LogP contribution in [0.25, 0.3) is 33.9 Å². The molecule has 32 heavy (non-hydrogen) atoms. The van der Waals surface area contributed by atoms with E-state index in [-0.39, 0.29) is 11.9 Å². The number of anilines is 2. The van der Waals surface area contributed by atoms with Gasteiger partial charge >= 0.3 is 0 Å². The van der Waals surface area contributed by atoms with Crippen molar-refractivity contribution in [2.75, 3.05) is 11.5 Å². The lowest BCUT2D eigenvalue weighted by atomic mass is 9.95. The fraction of sp³-hybridized carbons (Fsp3) is 0.167. The molecular formula is C24H22Cl2N6. The Labute approximate surface area is 196 Å². The van der Waals surface area contributed by atoms with Gasteiger partial charge in [0.1, 0.15) is 0 Å². The molecule has 0 saturated heterocycles. The van der Waals surface area contributed by atoms with E-state index in [0.717, 1.165) is 33.6 Å². The number of benzene rings is 2. The summed E-state index contributed by atoms with van der Waals surface area (Å²) in [6.45, 7) is 4.10. The molecule has 6 nitrogen and oxygen atoms in total. The van der Waals surface area contributed by atoms with Crippen molar-refractivity contribution in [2.24, 2.45) is 0 Å². The minimum Gasteiger partial charge on any atom is -0.368 e. The van der Waals surface area contributed by atoms with Gasteiger partial charge in [-0.1, -0.05) is 61.3 Å². The second-order valence-corrected chi connectivity index (χ2v) is 8.11. The zero-order chi connectivity index (χ0) is 22.8. The summed E-state index contributed by atoms with van der Waals surface area (Å²) in [4.78, 5) is 18.2. The van der Waals surface area contributed by atoms with E-state index in [1.807, 2.05) is 62.4 Å². The first-order valence-electron chi connectivity index (χ1n) is 10.3. The summed E-state index contributed by atoms with van der Waals surface area (Å²) >= 11 is 12.2. The maximum absolute atomic E-state index is 6.15. The molecule has 2 aromatic heterocycles. The average molecular weight is 465 g/mol. The van der Waals surface area contributed by atoms with Crippen LogP contribution in [0.15, 0.2) is 48.5 Å². The first-order valence-corrected chi connectivity index (χ1v) is 11.0. The number of rotatable bonds is 5. The first kappa shape index (κ1) is 22.0. The maximum Gasteiger partial charge on any atom is 0.221 e. The van der Waals surface area contributed by atoms with Crippen molar-refractivity contribution >= 4 is 35.1 Å². The molecule has 0 aliphatic rings. The van der Waals surface area contributed by atoms with Crippen molar-refractivity contribution in [1.82, 2.24) is 19.9 Å². The van der Waals surface area contributed by atoms with E-state index < -0.39 is 0 Å². The number of halogens is 2. The van der Waals surface area contributed by atoms with Crippen LogP contribution in [0.5, 0.6) is 0 Å². The van der Waals surface area contributed by atoms with Crippen molar-refractivity contribution in [3.63, 3.8) is 0 Å². The van der Waals surface area contributed by atoms with Gasteiger partial charge in [-0.3, -0.25) is 0 Å². The van der Waals surface area contributed by atoms with Crippen LogP contribution < -0.4 is 11.5 Å². The van der Waals surface area contributed by atoms with E-state index in [9.17, 15) is 0 Å². The van der Waals surface area contributed by atoms with Crippen LogP contribution in [0, 0.1) is 0 Å². The highest BCUT2D eigenvalue weighted by Crippen LogP contribution is 2.36. The number of hydrogen-bond acceptors (Lipinski definition) is 6. The van der Waals surface area contributed by atoms with Crippen LogP contribution in [0.4, 0.5) is 11.9 Å². The van der Waals surface area contributed by atoms with Crippen molar-refractivity contribution in [3.05, 3.63) is 69.7 Å². The lowest BCUT2D eigenvalue weighted by Gasteiger charge is -2.17. The van der Waals surface area contributed by atoms with E-state index in [2.05, 4.69) is 19.9 Å². The van der Waals surface area contributed by atoms with Crippen LogP contribution in [0.2, 0.25) is 10.0 Å². The predicted octanol–water partition coefficient (Wildman–Crippen LogP) is 5.86. The third kappa shape index (κ3) is 4.24. The van der Waals surface area contributed by atoms with Gasteiger partial charge in [0.05, 0.1) is 22.8 Å². The van der Waals surface area contributed by atoms with E-state index in [1.165, 1.54) is 0 Å². The Morgan fingerprint density at radius 1 is 0.562 bits per heavy atom. The van der Waals surface area contributed by atoms with Crippen LogP contribution in [-0.4, -0.2) is 19.9 Å². The Hall–Kier alpha value is -3.22. The van der Waals surface area contributed by atoms with E-state index in [1.54, 1.807) is 0 Å². The maximum atomic E-state index is 6.15. The van der Waals surface area contributed by atoms with Crippen molar-refractivity contribution in [1.29, 1.82) is 0 Å². The van der Waals surface area contributed by atoms with Crippen molar-refractivity contribution in [3.8, 4) is 33.9 Å². The average Bonchev–Trinajstić information content (AvgIpc) is 2.79. The minimum absolute atomic E-state index is 0.162. The molecular weight excluding hydrogens is 443 g/mol. The number of hydrogen-bond donors (Lipinski definition) is 2. The molecule has 0 atom stereocenters. The molecule has 0 unspecified atom stereocenters. The monoisotopic (exact) mass is 464 g/mol. The molecule has 4 aromatic rings. The Kier molecular flexibility index (Phi) is 6.26. The molecule has 0 amide bonds. The SMILES string of the molecule is CCc1c(-c2ccc(Cl)cc2)nc(N)nc1-c1nc(N)nc(-c2ccc(Cl)cc2)c1CC. The largest absolute Gasteiger partial charge is 0.368 e. The smallest absolute Gasteiger partial charge is 0.221 e. The van der Waals surface area contributed by atoms with Gasteiger partial charge in [-0.25, -0.2) is 19.9 Å². The Morgan fingerprint density at radius 2 is 0.875 bits per heavy atom. The lowest BCUT2D eigenvalue weighted by molar-refractivity contribution is 1.02. The highest BCUT2D eigenvalue weighted by Gasteiger charge is 2.22. The fourth-order valence-corrected chi connectivity index (χ4v) is 4.01. The molecule has 8 heteroatoms. The van der Waals surface area contributed by atoms with Crippen molar-refractivity contribution < 1.29 is 0 Å². The van der Waals surface area contributed by atoms with Gasteiger partial charge in [0.15, 0.2) is 0 Å². The number of nitrogen functional groups attached to an aromatic ring is 2. The van der Waals surface area contributed by atoms with E-state index in [4.69, 9.17) is 34.7 Å². The molecule has 4 N–H and O–H groups in total. The molecule has 0 aliphatic carbocycles. The minimum atomic E-state index is 0.162. The van der Waals surface area contributed by atoms with E-state index >= 15 is 0 Å². The third-order valence-electron chi connectivity index (χ3n) is 5.22. The van der Waals surface area contributed by atoms with Gasteiger partial charge in [-0.15, -0.1) is 0 Å². The Balaban J connectivity index is 1.99. The quantitative estimate of drug-likeness (QED) is 0.382. The summed E-state index contributed by atoms with van der Waals surface area (Å²) < 4.78 is 0. The fourth-order valence-electron chi connectivity index (χ4n) is 3.76. The van der Waals surface area contributed by atoms with Gasteiger partial charge in [0.2, 0.25) is 11.9 Å². The molecule has 0 bridgehead atoms. The molecule has 0 fully saturated rings. The first-order chi connectivity index (χ1) is 15.4. The van der Waals surface area contributed by atoms with Crippen molar-refractivity contribution in [2.45, 2.75) is 26.7 Å². The summed E-state index contributed by atoms with van der Waals surface area (Å²) in [5, 5.41) is 1.30. The van der Waals surface area contributed by atoms with Crippen LogP contribution in [0.1, 0.15) is 25.0 Å². The second-order valence-electron chi connectivity index (χ2n) is 7.24. The number of nitrogens with two attached hydrogens (primary N) is 2. The van der Waals surface area contributed by atoms with E-state index in [0.29, 0.717) is 34.3 Å². The normalized spacial score (nSPS) is 11.0. The van der Waals surface area contributed by atoms with Gasteiger partial charge in [0.25, 0.3) is 0 Å². The van der Waals surface area contributed by atoms with Crippen LogP contribution in [0.3, 0.4) is 0 Å². The summed E-state index contributed by atoms with van der Waals surface area (Å²) in [7, 11) is 0.